The van der Waals surface area contributed by atoms with Crippen LogP contribution in [0.1, 0.15) is 21.5 Å². The summed E-state index contributed by atoms with van der Waals surface area (Å²) in [6, 6.07) is 10.8. The van der Waals surface area contributed by atoms with Crippen LogP contribution in [0.2, 0.25) is 0 Å². The molecule has 27 heavy (non-hydrogen) atoms. The van der Waals surface area contributed by atoms with E-state index in [0.717, 1.165) is 6.08 Å². The molecule has 134 valence electrons. The SMILES string of the molecule is O=C1OC2(c3cc(O)ccc3OC3=CC(O)=C(O)C(=O)C32)c2ccccc21. The average Bonchev–Trinajstić information content (AvgIpc) is 2.94. The van der Waals surface area contributed by atoms with E-state index in [1.165, 1.54) is 18.2 Å². The number of phenolic OH excluding ortho intramolecular Hbond substituents is 1. The molecule has 2 heterocycles. The molecule has 5 rings (SSSR count). The summed E-state index contributed by atoms with van der Waals surface area (Å²) in [5.41, 5.74) is -0.648. The van der Waals surface area contributed by atoms with Gasteiger partial charge in [0.2, 0.25) is 11.5 Å². The second-order valence-corrected chi connectivity index (χ2v) is 6.53. The number of allylic oxidation sites excluding steroid dienone is 2. The number of aliphatic hydroxyl groups is 2. The second kappa shape index (κ2) is 4.91. The van der Waals surface area contributed by atoms with Crippen LogP contribution in [0, 0.1) is 5.92 Å². The predicted octanol–water partition coefficient (Wildman–Crippen LogP) is 2.61. The van der Waals surface area contributed by atoms with E-state index in [2.05, 4.69) is 0 Å². The van der Waals surface area contributed by atoms with Crippen LogP contribution in [0.15, 0.2) is 65.8 Å². The van der Waals surface area contributed by atoms with Gasteiger partial charge in [0.05, 0.1) is 5.56 Å². The minimum absolute atomic E-state index is 0.0398. The summed E-state index contributed by atoms with van der Waals surface area (Å²) in [7, 11) is 0. The first-order valence-electron chi connectivity index (χ1n) is 8.15. The first kappa shape index (κ1) is 15.5. The smallest absolute Gasteiger partial charge is 0.339 e. The van der Waals surface area contributed by atoms with Crippen molar-refractivity contribution in [3.05, 3.63) is 82.5 Å². The lowest BCUT2D eigenvalue weighted by atomic mass is 9.69. The Hall–Kier alpha value is -3.74. The molecule has 1 spiro atoms. The lowest BCUT2D eigenvalue weighted by Gasteiger charge is -2.42. The number of aromatic hydroxyl groups is 1. The van der Waals surface area contributed by atoms with E-state index in [0.29, 0.717) is 5.56 Å². The molecule has 1 aliphatic carbocycles. The first-order valence-corrected chi connectivity index (χ1v) is 8.15. The monoisotopic (exact) mass is 364 g/mol. The third-order valence-corrected chi connectivity index (χ3v) is 5.10. The molecule has 2 aliphatic heterocycles. The van der Waals surface area contributed by atoms with Crippen molar-refractivity contribution in [2.45, 2.75) is 5.60 Å². The Balaban J connectivity index is 1.89. The Kier molecular flexibility index (Phi) is 2.82. The highest BCUT2D eigenvalue weighted by molar-refractivity contribution is 6.03. The van der Waals surface area contributed by atoms with Crippen LogP contribution < -0.4 is 4.74 Å². The van der Waals surface area contributed by atoms with E-state index in [9.17, 15) is 24.9 Å². The van der Waals surface area contributed by atoms with Gasteiger partial charge in [-0.25, -0.2) is 4.79 Å². The third-order valence-electron chi connectivity index (χ3n) is 5.10. The Bertz CT molecular complexity index is 1110. The molecule has 0 radical (unpaired) electrons. The summed E-state index contributed by atoms with van der Waals surface area (Å²) in [5, 5.41) is 29.9. The molecule has 2 aromatic carbocycles. The Morgan fingerprint density at radius 3 is 2.56 bits per heavy atom. The molecule has 2 unspecified atom stereocenters. The highest BCUT2D eigenvalue weighted by atomic mass is 16.6. The fraction of sp³-hybridized carbons (Fsp3) is 0.100. The molecular weight excluding hydrogens is 352 g/mol. The molecule has 0 saturated carbocycles. The minimum Gasteiger partial charge on any atom is -0.508 e. The number of Topliss-reactive ketones (excluding diaryl/α,β-unsaturated/α-hetero) is 1. The minimum atomic E-state index is -1.63. The summed E-state index contributed by atoms with van der Waals surface area (Å²) in [5.74, 6) is -3.97. The van der Waals surface area contributed by atoms with Crippen molar-refractivity contribution in [1.29, 1.82) is 0 Å². The molecule has 0 bridgehead atoms. The fourth-order valence-corrected chi connectivity index (χ4v) is 3.99. The van der Waals surface area contributed by atoms with Gasteiger partial charge in [-0.15, -0.1) is 0 Å². The van der Waals surface area contributed by atoms with Gasteiger partial charge in [0, 0.05) is 17.2 Å². The maximum absolute atomic E-state index is 12.9. The molecule has 0 amide bonds. The van der Waals surface area contributed by atoms with Gasteiger partial charge in [-0.05, 0) is 24.3 Å². The molecule has 2 atom stereocenters. The van der Waals surface area contributed by atoms with Crippen molar-refractivity contribution in [3.63, 3.8) is 0 Å². The summed E-state index contributed by atoms with van der Waals surface area (Å²) >= 11 is 0. The van der Waals surface area contributed by atoms with Crippen molar-refractivity contribution < 1.29 is 34.4 Å². The van der Waals surface area contributed by atoms with E-state index < -0.39 is 34.8 Å². The van der Waals surface area contributed by atoms with Crippen molar-refractivity contribution in [3.8, 4) is 11.5 Å². The van der Waals surface area contributed by atoms with Crippen LogP contribution in [-0.2, 0) is 15.1 Å². The number of esters is 1. The van der Waals surface area contributed by atoms with E-state index >= 15 is 0 Å². The highest BCUT2D eigenvalue weighted by Crippen LogP contribution is 2.57. The number of rotatable bonds is 0. The van der Waals surface area contributed by atoms with Gasteiger partial charge < -0.3 is 24.8 Å². The van der Waals surface area contributed by atoms with Crippen LogP contribution >= 0.6 is 0 Å². The van der Waals surface area contributed by atoms with Gasteiger partial charge in [-0.3, -0.25) is 4.79 Å². The Morgan fingerprint density at radius 1 is 0.963 bits per heavy atom. The Labute approximate surface area is 152 Å². The van der Waals surface area contributed by atoms with Crippen LogP contribution in [0.4, 0.5) is 0 Å². The summed E-state index contributed by atoms with van der Waals surface area (Å²) in [6.07, 6.45) is 1.13. The number of carbonyl (C=O) groups excluding carboxylic acids is 2. The number of hydrogen-bond donors (Lipinski definition) is 3. The van der Waals surface area contributed by atoms with Gasteiger partial charge in [-0.2, -0.15) is 0 Å². The molecule has 0 fully saturated rings. The largest absolute Gasteiger partial charge is 0.508 e. The number of phenols is 1. The van der Waals surface area contributed by atoms with Gasteiger partial charge in [0.15, 0.2) is 11.4 Å². The summed E-state index contributed by atoms with van der Waals surface area (Å²) in [6.45, 7) is 0. The second-order valence-electron chi connectivity index (χ2n) is 6.53. The lowest BCUT2D eigenvalue weighted by Crippen LogP contribution is -2.48. The topological polar surface area (TPSA) is 113 Å². The number of carbonyl (C=O) groups is 2. The summed E-state index contributed by atoms with van der Waals surface area (Å²) < 4.78 is 11.5. The maximum Gasteiger partial charge on any atom is 0.339 e. The molecule has 7 nitrogen and oxygen atoms in total. The lowest BCUT2D eigenvalue weighted by molar-refractivity contribution is -0.130. The van der Waals surface area contributed by atoms with E-state index in [1.807, 2.05) is 0 Å². The first-order chi connectivity index (χ1) is 12.9. The zero-order chi connectivity index (χ0) is 18.9. The van der Waals surface area contributed by atoms with Crippen molar-refractivity contribution in [2.75, 3.05) is 0 Å². The number of aliphatic hydroxyl groups excluding tert-OH is 2. The fourth-order valence-electron chi connectivity index (χ4n) is 3.99. The number of fused-ring (bicyclic) bond motifs is 6. The Morgan fingerprint density at radius 2 is 1.74 bits per heavy atom. The van der Waals surface area contributed by atoms with Crippen LogP contribution in [0.3, 0.4) is 0 Å². The number of benzene rings is 2. The quantitative estimate of drug-likeness (QED) is 0.616. The zero-order valence-corrected chi connectivity index (χ0v) is 13.7. The number of hydrogen-bond acceptors (Lipinski definition) is 7. The van der Waals surface area contributed by atoms with Crippen LogP contribution in [-0.4, -0.2) is 27.1 Å². The highest BCUT2D eigenvalue weighted by Gasteiger charge is 2.62. The standard InChI is InChI=1S/C20H12O7/c21-9-5-6-14-12(7-9)20(11-4-2-1-3-10(11)19(25)27-20)16-15(26-14)8-13(22)17(23)18(16)24/h1-8,16,21-23H. The van der Waals surface area contributed by atoms with Gasteiger partial charge in [0.1, 0.15) is 23.2 Å². The zero-order valence-electron chi connectivity index (χ0n) is 13.7. The molecule has 3 N–H and O–H groups in total. The third kappa shape index (κ3) is 1.80. The molecule has 0 saturated heterocycles. The van der Waals surface area contributed by atoms with Crippen LogP contribution in [0.5, 0.6) is 11.5 Å². The normalized spacial score (nSPS) is 25.3. The molecule has 0 aromatic heterocycles. The molecule has 7 heteroatoms. The average molecular weight is 364 g/mol. The van der Waals surface area contributed by atoms with E-state index in [-0.39, 0.29) is 28.4 Å². The van der Waals surface area contributed by atoms with Gasteiger partial charge >= 0.3 is 5.97 Å². The van der Waals surface area contributed by atoms with Crippen LogP contribution in [0.25, 0.3) is 0 Å². The number of ether oxygens (including phenoxy) is 2. The van der Waals surface area contributed by atoms with E-state index in [4.69, 9.17) is 9.47 Å². The van der Waals surface area contributed by atoms with Crippen molar-refractivity contribution in [1.82, 2.24) is 0 Å². The van der Waals surface area contributed by atoms with Gasteiger partial charge in [-0.1, -0.05) is 18.2 Å². The van der Waals surface area contributed by atoms with Crippen molar-refractivity contribution >= 4 is 11.8 Å². The summed E-state index contributed by atoms with van der Waals surface area (Å²) in [4.78, 5) is 25.5. The van der Waals surface area contributed by atoms with Crippen molar-refractivity contribution in [2.24, 2.45) is 5.92 Å². The molecule has 2 aromatic rings. The molecule has 3 aliphatic rings. The van der Waals surface area contributed by atoms with Gasteiger partial charge in [0.25, 0.3) is 0 Å². The van der Waals surface area contributed by atoms with E-state index in [1.54, 1.807) is 24.3 Å². The predicted molar refractivity (Wildman–Crippen MR) is 90.2 cm³/mol. The number of ketones is 1. The molecular formula is C20H12O7. The maximum atomic E-state index is 12.9.